The lowest BCUT2D eigenvalue weighted by molar-refractivity contribution is -0.119. The van der Waals surface area contributed by atoms with Crippen molar-refractivity contribution in [3.05, 3.63) is 28.9 Å². The number of nitrogens with one attached hydrogen (secondary N) is 1. The number of rotatable bonds is 6. The van der Waals surface area contributed by atoms with Crippen molar-refractivity contribution in [3.8, 4) is 0 Å². The molecule has 1 aromatic carbocycles. The van der Waals surface area contributed by atoms with Crippen molar-refractivity contribution >= 4 is 35.0 Å². The summed E-state index contributed by atoms with van der Waals surface area (Å²) in [6.45, 7) is 5.86. The second-order valence-electron chi connectivity index (χ2n) is 8.63. The fraction of sp³-hybridized carbons (Fsp3) is 0.545. The van der Waals surface area contributed by atoms with Crippen LogP contribution in [0.3, 0.4) is 0 Å². The van der Waals surface area contributed by atoms with E-state index in [1.54, 1.807) is 12.1 Å². The van der Waals surface area contributed by atoms with Crippen molar-refractivity contribution in [2.45, 2.75) is 32.8 Å². The van der Waals surface area contributed by atoms with E-state index in [1.807, 2.05) is 4.90 Å². The molecule has 11 nitrogen and oxygen atoms in total. The zero-order valence-electron chi connectivity index (χ0n) is 19.2. The Labute approximate surface area is 196 Å². The highest BCUT2D eigenvalue weighted by Gasteiger charge is 2.35. The summed E-state index contributed by atoms with van der Waals surface area (Å²) in [7, 11) is 0. The molecule has 1 atom stereocenters. The molecule has 0 aromatic heterocycles. The third-order valence-corrected chi connectivity index (χ3v) is 6.01. The Morgan fingerprint density at radius 2 is 1.91 bits per heavy atom. The number of ether oxygens (including phenoxy) is 1. The van der Waals surface area contributed by atoms with Gasteiger partial charge in [0, 0.05) is 45.9 Å². The van der Waals surface area contributed by atoms with E-state index in [1.165, 1.54) is 24.8 Å². The normalized spacial score (nSPS) is 21.6. The van der Waals surface area contributed by atoms with Gasteiger partial charge in [-0.15, -0.1) is 15.1 Å². The molecular weight excluding hydrogens is 445 g/mol. The largest absolute Gasteiger partial charge is 0.442 e. The number of nitroso groups, excluding NO2 is 1. The molecular formula is C22H28FN7O4. The van der Waals surface area contributed by atoms with E-state index in [-0.39, 0.29) is 24.8 Å². The second kappa shape index (κ2) is 10.1. The highest BCUT2D eigenvalue weighted by Crippen LogP contribution is 2.33. The molecule has 2 saturated heterocycles. The topological polar surface area (TPSA) is 119 Å². The predicted octanol–water partition coefficient (Wildman–Crippen LogP) is 2.32. The van der Waals surface area contributed by atoms with Crippen molar-refractivity contribution in [2.75, 3.05) is 49.1 Å². The minimum absolute atomic E-state index is 0.0854. The van der Waals surface area contributed by atoms with Crippen molar-refractivity contribution in [3.63, 3.8) is 0 Å². The summed E-state index contributed by atoms with van der Waals surface area (Å²) in [4.78, 5) is 39.3. The maximum Gasteiger partial charge on any atom is 0.414 e. The van der Waals surface area contributed by atoms with Crippen LogP contribution >= 0.6 is 0 Å². The van der Waals surface area contributed by atoms with Crippen LogP contribution in [0.4, 0.5) is 20.6 Å². The van der Waals surface area contributed by atoms with E-state index >= 15 is 4.39 Å². The Bertz CT molecular complexity index is 1020. The van der Waals surface area contributed by atoms with Gasteiger partial charge in [0.05, 0.1) is 24.5 Å². The van der Waals surface area contributed by atoms with E-state index in [2.05, 4.69) is 25.6 Å². The van der Waals surface area contributed by atoms with Crippen molar-refractivity contribution in [2.24, 2.45) is 21.3 Å². The van der Waals surface area contributed by atoms with Gasteiger partial charge in [0.15, 0.2) is 5.84 Å². The van der Waals surface area contributed by atoms with Crippen LogP contribution in [0.2, 0.25) is 0 Å². The minimum atomic E-state index is -0.564. The third-order valence-electron chi connectivity index (χ3n) is 6.01. The molecule has 2 amide bonds. The van der Waals surface area contributed by atoms with E-state index < -0.39 is 18.0 Å². The van der Waals surface area contributed by atoms with Crippen LogP contribution in [0.25, 0.3) is 0 Å². The summed E-state index contributed by atoms with van der Waals surface area (Å²) >= 11 is 0. The molecule has 4 rings (SSSR count). The monoisotopic (exact) mass is 473 g/mol. The molecule has 2 aliphatic heterocycles. The van der Waals surface area contributed by atoms with E-state index in [0.717, 1.165) is 18.7 Å². The standard InChI is InChI=1S/C22H28FN7O4/c1-14(27-33)25-26-21(16-3-4-16)29-9-7-28(8-10-29)20-6-5-17(11-19(20)23)30-13-18(34-22(30)32)12-24-15(2)31/h5-6,11,16,18H,3-4,7-10,12-13H2,1-2H3,(H,24,31)/b25-14+,26-21+. The number of halogens is 1. The van der Waals surface area contributed by atoms with E-state index in [4.69, 9.17) is 4.74 Å². The number of amidine groups is 2. The summed E-state index contributed by atoms with van der Waals surface area (Å²) in [5, 5.41) is 13.6. The van der Waals surface area contributed by atoms with Crippen molar-refractivity contribution in [1.82, 2.24) is 10.2 Å². The first kappa shape index (κ1) is 23.6. The number of nitrogens with zero attached hydrogens (tertiary/aromatic N) is 6. The zero-order valence-corrected chi connectivity index (χ0v) is 19.2. The molecule has 3 aliphatic rings. The molecule has 34 heavy (non-hydrogen) atoms. The van der Waals surface area contributed by atoms with Gasteiger partial charge in [-0.3, -0.25) is 9.69 Å². The summed E-state index contributed by atoms with van der Waals surface area (Å²) < 4.78 is 20.3. The summed E-state index contributed by atoms with van der Waals surface area (Å²) in [6, 6.07) is 4.71. The number of amides is 2. The average Bonchev–Trinajstić information content (AvgIpc) is 3.59. The fourth-order valence-corrected chi connectivity index (χ4v) is 4.08. The first-order valence-electron chi connectivity index (χ1n) is 11.3. The molecule has 182 valence electrons. The SMILES string of the molecule is CC(=O)NCC1CN(c2ccc(N3CCN(/C(=N/N=C(\C)N=O)C4CC4)CC3)c(F)c2)C(=O)O1. The van der Waals surface area contributed by atoms with Crippen LogP contribution in [0.5, 0.6) is 0 Å². The Hall–Kier alpha value is -3.57. The fourth-order valence-electron chi connectivity index (χ4n) is 4.08. The molecule has 0 spiro atoms. The number of carbonyl (C=O) groups is 2. The molecule has 1 N–H and O–H groups in total. The maximum absolute atomic E-state index is 15.0. The first-order chi connectivity index (χ1) is 16.4. The lowest BCUT2D eigenvalue weighted by Gasteiger charge is -2.37. The number of benzene rings is 1. The van der Waals surface area contributed by atoms with Gasteiger partial charge in [-0.2, -0.15) is 0 Å². The predicted molar refractivity (Wildman–Crippen MR) is 126 cm³/mol. The van der Waals surface area contributed by atoms with Gasteiger partial charge in [-0.1, -0.05) is 0 Å². The summed E-state index contributed by atoms with van der Waals surface area (Å²) in [5.74, 6) is 0.668. The van der Waals surface area contributed by atoms with E-state index in [9.17, 15) is 14.5 Å². The summed E-state index contributed by atoms with van der Waals surface area (Å²) in [5.41, 5.74) is 0.880. The number of piperazine rings is 1. The molecule has 1 unspecified atom stereocenters. The molecule has 1 saturated carbocycles. The van der Waals surface area contributed by atoms with Gasteiger partial charge in [0.2, 0.25) is 5.91 Å². The van der Waals surface area contributed by atoms with Crippen molar-refractivity contribution in [1.29, 1.82) is 0 Å². The Kier molecular flexibility index (Phi) is 7.03. The van der Waals surface area contributed by atoms with Crippen LogP contribution in [0.15, 0.2) is 33.6 Å². The minimum Gasteiger partial charge on any atom is -0.442 e. The lowest BCUT2D eigenvalue weighted by atomic mass is 10.2. The molecule has 12 heteroatoms. The number of cyclic esters (lactones) is 1. The summed E-state index contributed by atoms with van der Waals surface area (Å²) in [6.07, 6.45) is 1.04. The molecule has 1 aromatic rings. The van der Waals surface area contributed by atoms with Crippen LogP contribution in [-0.4, -0.2) is 73.9 Å². The highest BCUT2D eigenvalue weighted by molar-refractivity contribution is 5.90. The van der Waals surface area contributed by atoms with Gasteiger partial charge >= 0.3 is 6.09 Å². The highest BCUT2D eigenvalue weighted by atomic mass is 19.1. The van der Waals surface area contributed by atoms with Crippen LogP contribution in [0, 0.1) is 16.6 Å². The van der Waals surface area contributed by atoms with E-state index in [0.29, 0.717) is 43.5 Å². The molecule has 0 radical (unpaired) electrons. The van der Waals surface area contributed by atoms with Gasteiger partial charge < -0.3 is 19.9 Å². The Morgan fingerprint density at radius 1 is 1.18 bits per heavy atom. The third kappa shape index (κ3) is 5.49. The van der Waals surface area contributed by atoms with Gasteiger partial charge in [0.1, 0.15) is 17.8 Å². The van der Waals surface area contributed by atoms with Gasteiger partial charge in [-0.25, -0.2) is 9.18 Å². The number of anilines is 2. The maximum atomic E-state index is 15.0. The number of hydrogen-bond donors (Lipinski definition) is 1. The van der Waals surface area contributed by atoms with Gasteiger partial charge in [-0.05, 0) is 36.2 Å². The quantitative estimate of drug-likeness (QED) is 0.293. The van der Waals surface area contributed by atoms with Crippen molar-refractivity contribution < 1.29 is 18.7 Å². The average molecular weight is 474 g/mol. The molecule has 0 bridgehead atoms. The molecule has 3 fully saturated rings. The smallest absolute Gasteiger partial charge is 0.414 e. The van der Waals surface area contributed by atoms with Gasteiger partial charge in [0.25, 0.3) is 0 Å². The lowest BCUT2D eigenvalue weighted by Crippen LogP contribution is -2.49. The molecule has 2 heterocycles. The number of carbonyl (C=O) groups excluding carboxylic acids is 2. The van der Waals surface area contributed by atoms with Crippen LogP contribution < -0.4 is 15.1 Å². The first-order valence-corrected chi connectivity index (χ1v) is 11.3. The Morgan fingerprint density at radius 3 is 2.53 bits per heavy atom. The Balaban J connectivity index is 1.38. The zero-order chi connectivity index (χ0) is 24.2. The molecule has 1 aliphatic carbocycles. The van der Waals surface area contributed by atoms with Crippen LogP contribution in [-0.2, 0) is 9.53 Å². The number of hydrogen-bond acceptors (Lipinski definition) is 7. The second-order valence-corrected chi connectivity index (χ2v) is 8.63. The van der Waals surface area contributed by atoms with Crippen LogP contribution in [0.1, 0.15) is 26.7 Å².